The van der Waals surface area contributed by atoms with Crippen LogP contribution < -0.4 is 4.90 Å². The highest BCUT2D eigenvalue weighted by atomic mass is 32.1. The Morgan fingerprint density at radius 3 is 2.74 bits per heavy atom. The number of amides is 1. The van der Waals surface area contributed by atoms with Gasteiger partial charge in [0.15, 0.2) is 0 Å². The molecule has 0 spiro atoms. The molecule has 0 radical (unpaired) electrons. The summed E-state index contributed by atoms with van der Waals surface area (Å²) in [6, 6.07) is 5.96. The molecule has 1 amide bonds. The minimum absolute atomic E-state index is 0.0905. The molecule has 122 valence electrons. The third-order valence-electron chi connectivity index (χ3n) is 4.02. The summed E-state index contributed by atoms with van der Waals surface area (Å²) in [7, 11) is 0. The molecule has 0 aliphatic carbocycles. The predicted octanol–water partition coefficient (Wildman–Crippen LogP) is 3.55. The van der Waals surface area contributed by atoms with Crippen LogP contribution in [0.15, 0.2) is 29.6 Å². The lowest BCUT2D eigenvalue weighted by Gasteiger charge is -2.26. The van der Waals surface area contributed by atoms with Crippen LogP contribution in [0.5, 0.6) is 0 Å². The Morgan fingerprint density at radius 1 is 1.43 bits per heavy atom. The second-order valence-corrected chi connectivity index (χ2v) is 6.88. The van der Waals surface area contributed by atoms with Gasteiger partial charge in [0.2, 0.25) is 0 Å². The largest absolute Gasteiger partial charge is 0.368 e. The summed E-state index contributed by atoms with van der Waals surface area (Å²) in [5, 5.41) is 2.90. The Labute approximate surface area is 138 Å². The van der Waals surface area contributed by atoms with E-state index in [0.717, 1.165) is 17.1 Å². The average Bonchev–Trinajstić information content (AvgIpc) is 3.14. The lowest BCUT2D eigenvalue weighted by atomic mass is 10.0. The fourth-order valence-electron chi connectivity index (χ4n) is 2.73. The Kier molecular flexibility index (Phi) is 4.73. The van der Waals surface area contributed by atoms with Gasteiger partial charge in [0.1, 0.15) is 11.9 Å². The number of aromatic nitrogens is 1. The van der Waals surface area contributed by atoms with Crippen molar-refractivity contribution in [3.05, 3.63) is 46.2 Å². The first-order valence-electron chi connectivity index (χ1n) is 7.64. The summed E-state index contributed by atoms with van der Waals surface area (Å²) in [6.45, 7) is 4.91. The van der Waals surface area contributed by atoms with Crippen molar-refractivity contribution in [1.29, 1.82) is 0 Å². The van der Waals surface area contributed by atoms with Crippen molar-refractivity contribution in [1.82, 2.24) is 4.98 Å². The summed E-state index contributed by atoms with van der Waals surface area (Å²) < 4.78 is 18.8. The number of hydrogen-bond acceptors (Lipinski definition) is 4. The van der Waals surface area contributed by atoms with Gasteiger partial charge in [0.25, 0.3) is 5.91 Å². The monoisotopic (exact) mass is 334 g/mol. The first-order valence-corrected chi connectivity index (χ1v) is 8.52. The van der Waals surface area contributed by atoms with Crippen molar-refractivity contribution in [2.45, 2.75) is 32.9 Å². The van der Waals surface area contributed by atoms with Gasteiger partial charge in [-0.2, -0.15) is 0 Å². The Balaban J connectivity index is 1.88. The molecule has 1 aliphatic rings. The van der Waals surface area contributed by atoms with Crippen molar-refractivity contribution in [3.63, 3.8) is 0 Å². The molecule has 1 aliphatic heterocycles. The molecule has 1 aromatic carbocycles. The average molecular weight is 334 g/mol. The predicted molar refractivity (Wildman–Crippen MR) is 88.0 cm³/mol. The summed E-state index contributed by atoms with van der Waals surface area (Å²) >= 11 is 1.55. The topological polar surface area (TPSA) is 42.4 Å². The fourth-order valence-corrected chi connectivity index (χ4v) is 3.33. The molecule has 2 atom stereocenters. The van der Waals surface area contributed by atoms with E-state index in [1.807, 2.05) is 19.2 Å². The first kappa shape index (κ1) is 16.1. The highest BCUT2D eigenvalue weighted by Gasteiger charge is 2.35. The highest BCUT2D eigenvalue weighted by molar-refractivity contribution is 7.09. The van der Waals surface area contributed by atoms with Crippen LogP contribution >= 0.6 is 11.3 Å². The number of halogens is 1. The molecule has 0 unspecified atom stereocenters. The molecule has 0 bridgehead atoms. The highest BCUT2D eigenvalue weighted by Crippen LogP contribution is 2.26. The maximum absolute atomic E-state index is 13.2. The van der Waals surface area contributed by atoms with Gasteiger partial charge in [-0.1, -0.05) is 6.92 Å². The van der Waals surface area contributed by atoms with Crippen LogP contribution in [0.4, 0.5) is 10.1 Å². The van der Waals surface area contributed by atoms with Gasteiger partial charge < -0.3 is 9.64 Å². The maximum Gasteiger partial charge on any atom is 0.256 e. The van der Waals surface area contributed by atoms with Crippen molar-refractivity contribution < 1.29 is 13.9 Å². The van der Waals surface area contributed by atoms with E-state index in [0.29, 0.717) is 18.8 Å². The quantitative estimate of drug-likeness (QED) is 0.859. The summed E-state index contributed by atoms with van der Waals surface area (Å²) in [5.41, 5.74) is 1.49. The van der Waals surface area contributed by atoms with Gasteiger partial charge in [-0.3, -0.25) is 4.79 Å². The Morgan fingerprint density at radius 2 is 2.17 bits per heavy atom. The van der Waals surface area contributed by atoms with Crippen LogP contribution in [0.3, 0.4) is 0 Å². The maximum atomic E-state index is 13.2. The van der Waals surface area contributed by atoms with Crippen molar-refractivity contribution in [2.75, 3.05) is 11.5 Å². The standard InChI is InChI=1S/C17H19FN2O2S/c1-11-7-8-22-16(11)17(21)20(9-14-10-23-12(2)19-14)15-5-3-13(18)4-6-15/h3-6,10-11,16H,7-9H2,1-2H3/t11-,16+/m0/s1. The second-order valence-electron chi connectivity index (χ2n) is 5.82. The van der Waals surface area contributed by atoms with Crippen LogP contribution in [0.1, 0.15) is 24.0 Å². The minimum atomic E-state index is -0.445. The van der Waals surface area contributed by atoms with Crippen LogP contribution in [0.25, 0.3) is 0 Å². The number of thiazole rings is 1. The van der Waals surface area contributed by atoms with E-state index < -0.39 is 6.10 Å². The van der Waals surface area contributed by atoms with Gasteiger partial charge >= 0.3 is 0 Å². The zero-order valence-corrected chi connectivity index (χ0v) is 14.0. The number of ether oxygens (including phenoxy) is 1. The van der Waals surface area contributed by atoms with E-state index in [1.54, 1.807) is 28.4 Å². The molecule has 23 heavy (non-hydrogen) atoms. The minimum Gasteiger partial charge on any atom is -0.368 e. The summed E-state index contributed by atoms with van der Waals surface area (Å²) in [5.74, 6) is -0.231. The van der Waals surface area contributed by atoms with E-state index >= 15 is 0 Å². The number of carbonyl (C=O) groups is 1. The van der Waals surface area contributed by atoms with Gasteiger partial charge in [-0.25, -0.2) is 9.37 Å². The van der Waals surface area contributed by atoms with Gasteiger partial charge in [-0.05, 0) is 43.5 Å². The van der Waals surface area contributed by atoms with Gasteiger partial charge in [-0.15, -0.1) is 11.3 Å². The molecule has 1 fully saturated rings. The molecule has 0 saturated carbocycles. The lowest BCUT2D eigenvalue weighted by Crippen LogP contribution is -2.41. The number of aryl methyl sites for hydroxylation is 1. The fraction of sp³-hybridized carbons (Fsp3) is 0.412. The van der Waals surface area contributed by atoms with Crippen molar-refractivity contribution in [2.24, 2.45) is 5.92 Å². The van der Waals surface area contributed by atoms with E-state index in [4.69, 9.17) is 4.74 Å². The molecule has 6 heteroatoms. The summed E-state index contributed by atoms with van der Waals surface area (Å²) in [4.78, 5) is 19.0. The van der Waals surface area contributed by atoms with Gasteiger partial charge in [0.05, 0.1) is 17.2 Å². The van der Waals surface area contributed by atoms with Crippen LogP contribution in [0, 0.1) is 18.7 Å². The van der Waals surface area contributed by atoms with E-state index in [1.165, 1.54) is 12.1 Å². The molecule has 2 aromatic rings. The SMILES string of the molecule is Cc1nc(CN(C(=O)[C@@H]2OCC[C@@H]2C)c2ccc(F)cc2)cs1. The molecule has 0 N–H and O–H groups in total. The van der Waals surface area contributed by atoms with Gasteiger partial charge in [0, 0.05) is 17.7 Å². The van der Waals surface area contributed by atoms with Crippen LogP contribution in [-0.2, 0) is 16.1 Å². The van der Waals surface area contributed by atoms with E-state index in [9.17, 15) is 9.18 Å². The molecular formula is C17H19FN2O2S. The number of anilines is 1. The number of rotatable bonds is 4. The number of nitrogens with zero attached hydrogens (tertiary/aromatic N) is 2. The zero-order chi connectivity index (χ0) is 16.4. The molecule has 1 saturated heterocycles. The van der Waals surface area contributed by atoms with Crippen molar-refractivity contribution >= 4 is 22.9 Å². The Hall–Kier alpha value is -1.79. The smallest absolute Gasteiger partial charge is 0.256 e. The number of hydrogen-bond donors (Lipinski definition) is 0. The normalized spacial score (nSPS) is 20.7. The van der Waals surface area contributed by atoms with Crippen LogP contribution in [-0.4, -0.2) is 23.6 Å². The van der Waals surface area contributed by atoms with E-state index in [-0.39, 0.29) is 17.6 Å². The molecule has 1 aromatic heterocycles. The summed E-state index contributed by atoms with van der Waals surface area (Å²) in [6.07, 6.45) is 0.434. The first-order chi connectivity index (χ1) is 11.0. The molecular weight excluding hydrogens is 315 g/mol. The van der Waals surface area contributed by atoms with Crippen molar-refractivity contribution in [3.8, 4) is 0 Å². The Bertz CT molecular complexity index is 686. The zero-order valence-electron chi connectivity index (χ0n) is 13.2. The van der Waals surface area contributed by atoms with E-state index in [2.05, 4.69) is 4.98 Å². The molecule has 4 nitrogen and oxygen atoms in total. The lowest BCUT2D eigenvalue weighted by molar-refractivity contribution is -0.128. The second kappa shape index (κ2) is 6.76. The third-order valence-corrected chi connectivity index (χ3v) is 4.84. The number of carbonyl (C=O) groups excluding carboxylic acids is 1. The third kappa shape index (κ3) is 3.59. The number of benzene rings is 1. The van der Waals surface area contributed by atoms with Crippen LogP contribution in [0.2, 0.25) is 0 Å². The molecule has 2 heterocycles. The molecule has 3 rings (SSSR count).